The molecule has 2 amide bonds. The molecule has 0 aromatic carbocycles. The molecule has 0 spiro atoms. The second kappa shape index (κ2) is 7.84. The topological polar surface area (TPSA) is 109 Å². The van der Waals surface area contributed by atoms with E-state index in [-0.39, 0.29) is 5.91 Å². The van der Waals surface area contributed by atoms with Gasteiger partial charge in [0.15, 0.2) is 0 Å². The van der Waals surface area contributed by atoms with Gasteiger partial charge in [-0.2, -0.15) is 0 Å². The van der Waals surface area contributed by atoms with Crippen molar-refractivity contribution >= 4 is 34.1 Å². The van der Waals surface area contributed by atoms with Crippen LogP contribution in [-0.2, 0) is 22.4 Å². The molecule has 2 unspecified atom stereocenters. The molecule has 7 heteroatoms. The predicted molar refractivity (Wildman–Crippen MR) is 105 cm³/mol. The Hall–Kier alpha value is -2.15. The van der Waals surface area contributed by atoms with Gasteiger partial charge in [0.2, 0.25) is 5.91 Å². The van der Waals surface area contributed by atoms with Gasteiger partial charge in [-0.1, -0.05) is 17.6 Å². The molecule has 0 radical (unpaired) electrons. The van der Waals surface area contributed by atoms with Crippen LogP contribution in [0.2, 0.25) is 0 Å². The van der Waals surface area contributed by atoms with E-state index in [1.54, 1.807) is 0 Å². The van der Waals surface area contributed by atoms with Crippen molar-refractivity contribution in [2.75, 3.05) is 5.32 Å². The summed E-state index contributed by atoms with van der Waals surface area (Å²) in [5.41, 5.74) is 9.09. The minimum absolute atomic E-state index is 0.340. The number of carbonyl (C=O) groups excluding carboxylic acids is 2. The Kier molecular flexibility index (Phi) is 5.69. The predicted octanol–water partition coefficient (Wildman–Crippen LogP) is 3.50. The van der Waals surface area contributed by atoms with Crippen LogP contribution < -0.4 is 11.1 Å². The van der Waals surface area contributed by atoms with E-state index in [0.29, 0.717) is 23.4 Å². The van der Waals surface area contributed by atoms with E-state index in [1.807, 2.05) is 13.8 Å². The van der Waals surface area contributed by atoms with Crippen molar-refractivity contribution in [3.8, 4) is 0 Å². The highest BCUT2D eigenvalue weighted by Crippen LogP contribution is 2.39. The fourth-order valence-corrected chi connectivity index (χ4v) is 5.42. The first-order valence-corrected chi connectivity index (χ1v) is 10.2. The molecule has 2 atom stereocenters. The fraction of sp³-hybridized carbons (Fsp3) is 0.550. The molecule has 0 saturated carbocycles. The zero-order valence-electron chi connectivity index (χ0n) is 15.8. The van der Waals surface area contributed by atoms with Gasteiger partial charge in [-0.25, -0.2) is 0 Å². The first-order chi connectivity index (χ1) is 12.8. The number of carboxylic acids is 1. The smallest absolute Gasteiger partial charge is 0.307 e. The number of hydrogen-bond acceptors (Lipinski definition) is 4. The number of fused-ring (bicyclic) bond motifs is 1. The van der Waals surface area contributed by atoms with Crippen LogP contribution in [-0.4, -0.2) is 22.9 Å². The van der Waals surface area contributed by atoms with Crippen molar-refractivity contribution in [2.45, 2.75) is 58.8 Å². The van der Waals surface area contributed by atoms with E-state index in [9.17, 15) is 19.5 Å². The molecular formula is C20H26N2O4S. The van der Waals surface area contributed by atoms with E-state index in [4.69, 9.17) is 5.73 Å². The van der Waals surface area contributed by atoms with Gasteiger partial charge in [0.05, 0.1) is 17.4 Å². The molecule has 3 rings (SSSR count). The van der Waals surface area contributed by atoms with Gasteiger partial charge in [0, 0.05) is 4.88 Å². The largest absolute Gasteiger partial charge is 0.481 e. The zero-order valence-corrected chi connectivity index (χ0v) is 16.6. The molecule has 0 bridgehead atoms. The van der Waals surface area contributed by atoms with Gasteiger partial charge < -0.3 is 16.2 Å². The molecule has 0 aliphatic heterocycles. The van der Waals surface area contributed by atoms with Crippen molar-refractivity contribution in [3.05, 3.63) is 27.2 Å². The summed E-state index contributed by atoms with van der Waals surface area (Å²) in [5.74, 6) is -3.22. The van der Waals surface area contributed by atoms with Crippen LogP contribution >= 0.6 is 11.3 Å². The van der Waals surface area contributed by atoms with E-state index in [0.717, 1.165) is 53.7 Å². The number of allylic oxidation sites excluding steroid dienone is 2. The second-order valence-electron chi connectivity index (χ2n) is 7.64. The third-order valence-electron chi connectivity index (χ3n) is 5.82. The van der Waals surface area contributed by atoms with Crippen molar-refractivity contribution < 1.29 is 19.5 Å². The lowest BCUT2D eigenvalue weighted by atomic mass is 9.76. The van der Waals surface area contributed by atoms with Gasteiger partial charge in [-0.05, 0) is 57.9 Å². The summed E-state index contributed by atoms with van der Waals surface area (Å²) in [6, 6.07) is 0. The summed E-state index contributed by atoms with van der Waals surface area (Å²) in [5, 5.41) is 12.9. The second-order valence-corrected chi connectivity index (χ2v) is 8.75. The van der Waals surface area contributed by atoms with E-state index in [2.05, 4.69) is 5.32 Å². The summed E-state index contributed by atoms with van der Waals surface area (Å²) in [6.07, 6.45) is 5.67. The third kappa shape index (κ3) is 3.93. The van der Waals surface area contributed by atoms with E-state index in [1.165, 1.54) is 11.3 Å². The highest BCUT2D eigenvalue weighted by atomic mass is 32.1. The molecule has 4 N–H and O–H groups in total. The van der Waals surface area contributed by atoms with Crippen molar-refractivity contribution in [1.82, 2.24) is 0 Å². The zero-order chi connectivity index (χ0) is 19.7. The van der Waals surface area contributed by atoms with Crippen molar-refractivity contribution in [2.24, 2.45) is 17.6 Å². The maximum absolute atomic E-state index is 12.9. The van der Waals surface area contributed by atoms with E-state index >= 15 is 0 Å². The fourth-order valence-electron chi connectivity index (χ4n) is 4.12. The van der Waals surface area contributed by atoms with Gasteiger partial charge in [0.1, 0.15) is 5.00 Å². The molecule has 2 aliphatic carbocycles. The number of thiophene rings is 1. The van der Waals surface area contributed by atoms with Gasteiger partial charge in [-0.3, -0.25) is 14.4 Å². The lowest BCUT2D eigenvalue weighted by Crippen LogP contribution is -2.36. The number of carboxylic acid groups (broad SMARTS) is 1. The summed E-state index contributed by atoms with van der Waals surface area (Å²) < 4.78 is 0. The van der Waals surface area contributed by atoms with Crippen LogP contribution in [0.25, 0.3) is 0 Å². The number of nitrogens with two attached hydrogens (primary N) is 1. The average Bonchev–Trinajstić information content (AvgIpc) is 2.77. The average molecular weight is 391 g/mol. The highest BCUT2D eigenvalue weighted by molar-refractivity contribution is 7.17. The molecule has 2 aliphatic rings. The molecule has 1 aromatic heterocycles. The van der Waals surface area contributed by atoms with Crippen LogP contribution in [0.4, 0.5) is 5.00 Å². The van der Waals surface area contributed by atoms with Crippen molar-refractivity contribution in [1.29, 1.82) is 0 Å². The summed E-state index contributed by atoms with van der Waals surface area (Å²) in [6.45, 7) is 3.86. The number of primary amides is 1. The first kappa shape index (κ1) is 19.6. The molecular weight excluding hydrogens is 364 g/mol. The van der Waals surface area contributed by atoms with Crippen LogP contribution in [0.3, 0.4) is 0 Å². The quantitative estimate of drug-likeness (QED) is 0.540. The number of rotatable bonds is 4. The summed E-state index contributed by atoms with van der Waals surface area (Å²) in [7, 11) is 0. The molecule has 6 nitrogen and oxygen atoms in total. The SMILES string of the molecule is CC1=C(C)CC(C(=O)Nc2sc3c(c2C(N)=O)CCCCC3)C(C(=O)O)C1. The standard InChI is InChI=1S/C20H26N2O4S/c1-10-8-13(14(20(25)26)9-11(10)2)18(24)22-19-16(17(21)23)12-6-4-3-5-7-15(12)27-19/h13-14H,3-9H2,1-2H3,(H2,21,23)(H,22,24)(H,25,26). The minimum atomic E-state index is -0.959. The number of hydrogen-bond donors (Lipinski definition) is 3. The highest BCUT2D eigenvalue weighted by Gasteiger charge is 2.38. The van der Waals surface area contributed by atoms with Gasteiger partial charge in [0.25, 0.3) is 5.91 Å². The van der Waals surface area contributed by atoms with Crippen LogP contribution in [0.5, 0.6) is 0 Å². The van der Waals surface area contributed by atoms with Crippen molar-refractivity contribution in [3.63, 3.8) is 0 Å². The number of aliphatic carboxylic acids is 1. The number of carbonyl (C=O) groups is 3. The van der Waals surface area contributed by atoms with E-state index < -0.39 is 23.7 Å². The normalized spacial score (nSPS) is 22.7. The Morgan fingerprint density at radius 3 is 2.30 bits per heavy atom. The van der Waals surface area contributed by atoms with Crippen LogP contribution in [0.15, 0.2) is 11.1 Å². The molecule has 0 saturated heterocycles. The Balaban J connectivity index is 1.89. The molecule has 1 aromatic rings. The maximum atomic E-state index is 12.9. The van der Waals surface area contributed by atoms with Crippen LogP contribution in [0.1, 0.15) is 66.8 Å². The van der Waals surface area contributed by atoms with Crippen LogP contribution in [0, 0.1) is 11.8 Å². The summed E-state index contributed by atoms with van der Waals surface area (Å²) in [4.78, 5) is 37.8. The molecule has 1 heterocycles. The molecule has 27 heavy (non-hydrogen) atoms. The summed E-state index contributed by atoms with van der Waals surface area (Å²) >= 11 is 1.41. The Morgan fingerprint density at radius 1 is 1.04 bits per heavy atom. The van der Waals surface area contributed by atoms with Gasteiger partial charge in [-0.15, -0.1) is 11.3 Å². The first-order valence-electron chi connectivity index (χ1n) is 9.42. The maximum Gasteiger partial charge on any atom is 0.307 e. The molecule has 0 fully saturated rings. The monoisotopic (exact) mass is 390 g/mol. The lowest BCUT2D eigenvalue weighted by Gasteiger charge is -2.29. The Bertz CT molecular complexity index is 824. The number of nitrogens with one attached hydrogen (secondary N) is 1. The Labute approximate surface area is 162 Å². The Morgan fingerprint density at radius 2 is 1.67 bits per heavy atom. The number of aryl methyl sites for hydroxylation is 1. The number of anilines is 1. The third-order valence-corrected chi connectivity index (χ3v) is 7.03. The minimum Gasteiger partial charge on any atom is -0.481 e. The number of amides is 2. The van der Waals surface area contributed by atoms with Gasteiger partial charge >= 0.3 is 5.97 Å². The lowest BCUT2D eigenvalue weighted by molar-refractivity contribution is -0.146. The molecule has 146 valence electrons.